The van der Waals surface area contributed by atoms with Gasteiger partial charge in [-0.3, -0.25) is 14.4 Å². The van der Waals surface area contributed by atoms with E-state index in [0.29, 0.717) is 13.2 Å². The van der Waals surface area contributed by atoms with Crippen molar-refractivity contribution in [1.29, 1.82) is 0 Å². The van der Waals surface area contributed by atoms with Crippen LogP contribution in [0.1, 0.15) is 41.7 Å². The molecule has 1 fully saturated rings. The summed E-state index contributed by atoms with van der Waals surface area (Å²) < 4.78 is 10.8. The largest absolute Gasteiger partial charge is 0.490 e. The van der Waals surface area contributed by atoms with Crippen LogP contribution in [-0.4, -0.2) is 54.4 Å². The average Bonchev–Trinajstić information content (AvgIpc) is 2.83. The van der Waals surface area contributed by atoms with Gasteiger partial charge in [0.1, 0.15) is 17.9 Å². The Morgan fingerprint density at radius 3 is 2.85 bits per heavy atom. The number of nitrogens with two attached hydrogens (primary N) is 1. The van der Waals surface area contributed by atoms with E-state index in [1.165, 1.54) is 19.4 Å². The van der Waals surface area contributed by atoms with Gasteiger partial charge < -0.3 is 30.7 Å². The number of nitrogens with zero attached hydrogens (tertiary/aromatic N) is 2. The molecule has 2 atom stereocenters. The summed E-state index contributed by atoms with van der Waals surface area (Å²) in [7, 11) is 1.36. The third-order valence-corrected chi connectivity index (χ3v) is 5.91. The highest BCUT2D eigenvalue weighted by Crippen LogP contribution is 2.37. The SMILES string of the molecule is COc1ncc(NC(=O)C(=O)N2CC(C)CCC2c2ccc3c(c2)OCCN3)cc1C(N)=O. The number of piperidine rings is 1. The Morgan fingerprint density at radius 1 is 1.27 bits per heavy atom. The number of hydrogen-bond donors (Lipinski definition) is 3. The summed E-state index contributed by atoms with van der Waals surface area (Å²) in [5.41, 5.74) is 7.38. The molecule has 2 aromatic rings. The topological polar surface area (TPSA) is 136 Å². The molecule has 2 aliphatic heterocycles. The van der Waals surface area contributed by atoms with Gasteiger partial charge in [0.15, 0.2) is 0 Å². The highest BCUT2D eigenvalue weighted by Gasteiger charge is 2.35. The van der Waals surface area contributed by atoms with Gasteiger partial charge in [0.05, 0.1) is 30.7 Å². The van der Waals surface area contributed by atoms with Crippen LogP contribution in [0.5, 0.6) is 11.6 Å². The number of hydrogen-bond acceptors (Lipinski definition) is 7. The van der Waals surface area contributed by atoms with Crippen molar-refractivity contribution in [2.75, 3.05) is 37.4 Å². The van der Waals surface area contributed by atoms with Crippen molar-refractivity contribution >= 4 is 29.1 Å². The van der Waals surface area contributed by atoms with Crippen LogP contribution in [0.3, 0.4) is 0 Å². The molecule has 3 amide bonds. The van der Waals surface area contributed by atoms with Gasteiger partial charge in [0, 0.05) is 13.1 Å². The first-order valence-corrected chi connectivity index (χ1v) is 10.8. The van der Waals surface area contributed by atoms with Crippen molar-refractivity contribution in [3.05, 3.63) is 41.6 Å². The van der Waals surface area contributed by atoms with Crippen LogP contribution in [-0.2, 0) is 9.59 Å². The van der Waals surface area contributed by atoms with E-state index in [-0.39, 0.29) is 29.1 Å². The van der Waals surface area contributed by atoms with Crippen molar-refractivity contribution < 1.29 is 23.9 Å². The summed E-state index contributed by atoms with van der Waals surface area (Å²) in [4.78, 5) is 43.3. The number of rotatable bonds is 4. The van der Waals surface area contributed by atoms with Crippen LogP contribution >= 0.6 is 0 Å². The van der Waals surface area contributed by atoms with E-state index in [4.69, 9.17) is 15.2 Å². The molecule has 0 radical (unpaired) electrons. The van der Waals surface area contributed by atoms with Crippen LogP contribution in [0.15, 0.2) is 30.5 Å². The molecule has 2 unspecified atom stereocenters. The molecule has 10 heteroatoms. The Balaban J connectivity index is 1.55. The molecule has 0 spiro atoms. The van der Waals surface area contributed by atoms with E-state index in [9.17, 15) is 14.4 Å². The van der Waals surface area contributed by atoms with E-state index in [1.54, 1.807) is 4.90 Å². The Bertz CT molecular complexity index is 1090. The number of carbonyl (C=O) groups is 3. The summed E-state index contributed by atoms with van der Waals surface area (Å²) in [5.74, 6) is -1.17. The number of pyridine rings is 1. The van der Waals surface area contributed by atoms with Gasteiger partial charge in [-0.05, 0) is 42.5 Å². The minimum Gasteiger partial charge on any atom is -0.490 e. The zero-order valence-electron chi connectivity index (χ0n) is 18.6. The molecule has 174 valence electrons. The number of methoxy groups -OCH3 is 1. The molecule has 10 nitrogen and oxygen atoms in total. The lowest BCUT2D eigenvalue weighted by Crippen LogP contribution is -2.46. The number of benzene rings is 1. The zero-order valence-corrected chi connectivity index (χ0v) is 18.6. The monoisotopic (exact) mass is 453 g/mol. The molecule has 0 saturated carbocycles. The molecular weight excluding hydrogens is 426 g/mol. The number of fused-ring (bicyclic) bond motifs is 1. The first-order valence-electron chi connectivity index (χ1n) is 10.8. The predicted octanol–water partition coefficient (Wildman–Crippen LogP) is 1.93. The van der Waals surface area contributed by atoms with Crippen LogP contribution in [0.25, 0.3) is 0 Å². The minimum atomic E-state index is -0.813. The Kier molecular flexibility index (Phi) is 6.34. The molecule has 1 saturated heterocycles. The predicted molar refractivity (Wildman–Crippen MR) is 121 cm³/mol. The van der Waals surface area contributed by atoms with Crippen molar-refractivity contribution in [2.45, 2.75) is 25.8 Å². The summed E-state index contributed by atoms with van der Waals surface area (Å²) in [6.07, 6.45) is 2.99. The molecule has 2 aliphatic rings. The van der Waals surface area contributed by atoms with E-state index in [1.807, 2.05) is 18.2 Å². The fourth-order valence-corrected chi connectivity index (χ4v) is 4.26. The number of ether oxygens (including phenoxy) is 2. The van der Waals surface area contributed by atoms with Crippen molar-refractivity contribution in [1.82, 2.24) is 9.88 Å². The van der Waals surface area contributed by atoms with Gasteiger partial charge in [-0.2, -0.15) is 0 Å². The van der Waals surface area contributed by atoms with E-state index in [2.05, 4.69) is 22.5 Å². The third-order valence-electron chi connectivity index (χ3n) is 5.91. The molecule has 4 rings (SSSR count). The molecular formula is C23H27N5O5. The molecule has 1 aromatic carbocycles. The smallest absolute Gasteiger partial charge is 0.313 e. The number of aromatic nitrogens is 1. The second-order valence-electron chi connectivity index (χ2n) is 8.29. The van der Waals surface area contributed by atoms with Crippen LogP contribution in [0.4, 0.5) is 11.4 Å². The summed E-state index contributed by atoms with van der Waals surface area (Å²) in [5, 5.41) is 5.81. The number of primary amides is 1. The number of carbonyl (C=O) groups excluding carboxylic acids is 3. The summed E-state index contributed by atoms with van der Waals surface area (Å²) in [6, 6.07) is 6.94. The summed E-state index contributed by atoms with van der Waals surface area (Å²) in [6.45, 7) is 3.84. The van der Waals surface area contributed by atoms with Gasteiger partial charge in [0.25, 0.3) is 5.91 Å². The van der Waals surface area contributed by atoms with Gasteiger partial charge in [0.2, 0.25) is 5.88 Å². The van der Waals surface area contributed by atoms with Crippen molar-refractivity contribution in [3.8, 4) is 11.6 Å². The first kappa shape index (κ1) is 22.4. The van der Waals surface area contributed by atoms with Crippen LogP contribution < -0.4 is 25.8 Å². The van der Waals surface area contributed by atoms with Crippen LogP contribution in [0, 0.1) is 5.92 Å². The van der Waals surface area contributed by atoms with Gasteiger partial charge in [-0.15, -0.1) is 0 Å². The van der Waals surface area contributed by atoms with Crippen molar-refractivity contribution in [3.63, 3.8) is 0 Å². The normalized spacial score (nSPS) is 19.5. The Morgan fingerprint density at radius 2 is 2.09 bits per heavy atom. The Labute approximate surface area is 191 Å². The second kappa shape index (κ2) is 9.35. The number of likely N-dealkylation sites (tertiary alicyclic amines) is 1. The third kappa shape index (κ3) is 4.69. The lowest BCUT2D eigenvalue weighted by atomic mass is 9.89. The standard InChI is InChI=1S/C23H27N5O5/c1-13-3-6-18(14-4-5-17-19(9-14)33-8-7-25-17)28(12-13)23(31)21(30)27-15-10-16(20(24)29)22(32-2)26-11-15/h4-5,9-11,13,18,25H,3,6-8,12H2,1-2H3,(H2,24,29)(H,27,30). The maximum Gasteiger partial charge on any atom is 0.313 e. The maximum absolute atomic E-state index is 13.2. The molecule has 4 N–H and O–H groups in total. The van der Waals surface area contributed by atoms with Gasteiger partial charge >= 0.3 is 11.8 Å². The van der Waals surface area contributed by atoms with Gasteiger partial charge in [-0.25, -0.2) is 4.98 Å². The van der Waals surface area contributed by atoms with Crippen LogP contribution in [0.2, 0.25) is 0 Å². The zero-order chi connectivity index (χ0) is 23.5. The maximum atomic E-state index is 13.2. The molecule has 33 heavy (non-hydrogen) atoms. The molecule has 1 aromatic heterocycles. The first-order chi connectivity index (χ1) is 15.9. The fourth-order valence-electron chi connectivity index (χ4n) is 4.26. The fraction of sp³-hybridized carbons (Fsp3) is 0.391. The second-order valence-corrected chi connectivity index (χ2v) is 8.29. The molecule has 0 bridgehead atoms. The number of nitrogens with one attached hydrogen (secondary N) is 2. The van der Waals surface area contributed by atoms with Crippen molar-refractivity contribution in [2.24, 2.45) is 11.7 Å². The molecule has 3 heterocycles. The lowest BCUT2D eigenvalue weighted by Gasteiger charge is -2.39. The highest BCUT2D eigenvalue weighted by molar-refractivity contribution is 6.39. The minimum absolute atomic E-state index is 0.00916. The quantitative estimate of drug-likeness (QED) is 0.602. The van der Waals surface area contributed by atoms with E-state index in [0.717, 1.165) is 36.4 Å². The van der Waals surface area contributed by atoms with E-state index < -0.39 is 17.7 Å². The summed E-state index contributed by atoms with van der Waals surface area (Å²) >= 11 is 0. The number of anilines is 2. The van der Waals surface area contributed by atoms with E-state index >= 15 is 0 Å². The Hall–Kier alpha value is -3.82. The average molecular weight is 453 g/mol. The molecule has 0 aliphatic carbocycles. The highest BCUT2D eigenvalue weighted by atomic mass is 16.5. The number of amides is 3. The lowest BCUT2D eigenvalue weighted by molar-refractivity contribution is -0.146. The van der Waals surface area contributed by atoms with Gasteiger partial charge in [-0.1, -0.05) is 13.0 Å².